The molecule has 0 saturated heterocycles. The van der Waals surface area contributed by atoms with Crippen LogP contribution in [0.4, 0.5) is 0 Å². The number of hydrogen-bond acceptors (Lipinski definition) is 10. The normalized spacial score (nSPS) is 14.0. The number of aliphatic hydroxyl groups is 5. The highest BCUT2D eigenvalue weighted by Gasteiger charge is 2.37. The first-order valence-corrected chi connectivity index (χ1v) is 11.2. The second kappa shape index (κ2) is 19.1. The van der Waals surface area contributed by atoms with Gasteiger partial charge in [0, 0.05) is 0 Å². The molecule has 0 radical (unpaired) electrons. The predicted octanol–water partition coefficient (Wildman–Crippen LogP) is -0.452. The highest BCUT2D eigenvalue weighted by Crippen LogP contribution is 2.25. The minimum atomic E-state index is -1.21. The average molecular weight is 493 g/mol. The van der Waals surface area contributed by atoms with Gasteiger partial charge in [0.1, 0.15) is 0 Å². The Morgan fingerprint density at radius 1 is 0.412 bits per heavy atom. The minimum absolute atomic E-state index is 0.00961. The number of hydrogen-bond donors (Lipinski definition) is 5. The zero-order chi connectivity index (χ0) is 25.8. The molecule has 0 spiro atoms. The van der Waals surface area contributed by atoms with Crippen molar-refractivity contribution >= 4 is 0 Å². The van der Waals surface area contributed by atoms with E-state index in [2.05, 4.69) is 19.7 Å². The third-order valence-electron chi connectivity index (χ3n) is 5.24. The van der Waals surface area contributed by atoms with Gasteiger partial charge in [-0.15, -0.1) is 19.7 Å². The van der Waals surface area contributed by atoms with Crippen LogP contribution in [0.3, 0.4) is 0 Å². The second-order valence-corrected chi connectivity index (χ2v) is 8.69. The topological polar surface area (TPSA) is 147 Å². The number of ether oxygens (including phenoxy) is 5. The Morgan fingerprint density at radius 2 is 0.647 bits per heavy atom. The molecule has 0 aromatic rings. The summed E-state index contributed by atoms with van der Waals surface area (Å²) in [7, 11) is 0. The molecule has 5 N–H and O–H groups in total. The number of rotatable bonds is 25. The third-order valence-corrected chi connectivity index (χ3v) is 5.24. The molecule has 200 valence electrons. The molecule has 0 aromatic carbocycles. The summed E-state index contributed by atoms with van der Waals surface area (Å²) < 4.78 is 28.3. The van der Waals surface area contributed by atoms with Gasteiger partial charge < -0.3 is 49.2 Å². The fraction of sp³-hybridized carbons (Fsp3) is 0.750. The average Bonchev–Trinajstić information content (AvgIpc) is 2.86. The lowest BCUT2D eigenvalue weighted by Gasteiger charge is -2.36. The minimum Gasteiger partial charge on any atom is -0.396 e. The quantitative estimate of drug-likeness (QED) is 0.0838. The van der Waals surface area contributed by atoms with Gasteiger partial charge in [0.15, 0.2) is 0 Å². The zero-order valence-electron chi connectivity index (χ0n) is 20.2. The van der Waals surface area contributed by atoms with Crippen LogP contribution in [0.25, 0.3) is 0 Å². The molecule has 0 fully saturated rings. The van der Waals surface area contributed by atoms with Gasteiger partial charge in [0.05, 0.1) is 115 Å². The summed E-state index contributed by atoms with van der Waals surface area (Å²) >= 11 is 0. The van der Waals surface area contributed by atoms with Crippen molar-refractivity contribution in [2.24, 2.45) is 16.2 Å². The zero-order valence-corrected chi connectivity index (χ0v) is 20.2. The van der Waals surface area contributed by atoms with Gasteiger partial charge in [-0.1, -0.05) is 18.2 Å². The maximum absolute atomic E-state index is 10.2. The van der Waals surface area contributed by atoms with E-state index in [0.29, 0.717) is 13.2 Å². The largest absolute Gasteiger partial charge is 0.396 e. The summed E-state index contributed by atoms with van der Waals surface area (Å²) in [5.74, 6) is 0. The van der Waals surface area contributed by atoms with Gasteiger partial charge in [0.25, 0.3) is 0 Å². The monoisotopic (exact) mass is 492 g/mol. The first-order chi connectivity index (χ1) is 16.4. The van der Waals surface area contributed by atoms with Crippen molar-refractivity contribution in [3.63, 3.8) is 0 Å². The van der Waals surface area contributed by atoms with Crippen molar-refractivity contribution in [2.45, 2.75) is 0 Å². The van der Waals surface area contributed by atoms with Crippen molar-refractivity contribution in [2.75, 3.05) is 99.1 Å². The van der Waals surface area contributed by atoms with Crippen LogP contribution < -0.4 is 0 Å². The molecule has 0 aliphatic rings. The summed E-state index contributed by atoms with van der Waals surface area (Å²) in [6.07, 6.45) is 4.77. The summed E-state index contributed by atoms with van der Waals surface area (Å²) in [4.78, 5) is 0. The van der Waals surface area contributed by atoms with Crippen LogP contribution in [0.5, 0.6) is 0 Å². The van der Waals surface area contributed by atoms with Crippen LogP contribution in [-0.4, -0.2) is 125 Å². The Hall–Kier alpha value is -1.18. The van der Waals surface area contributed by atoms with E-state index in [9.17, 15) is 25.5 Å². The first-order valence-electron chi connectivity index (χ1n) is 11.2. The van der Waals surface area contributed by atoms with Crippen molar-refractivity contribution in [3.8, 4) is 0 Å². The van der Waals surface area contributed by atoms with E-state index >= 15 is 0 Å². The molecular weight excluding hydrogens is 448 g/mol. The summed E-state index contributed by atoms with van der Waals surface area (Å²) in [6.45, 7) is 9.98. The van der Waals surface area contributed by atoms with E-state index in [1.807, 2.05) is 0 Å². The van der Waals surface area contributed by atoms with Crippen molar-refractivity contribution < 1.29 is 49.2 Å². The molecule has 0 aliphatic carbocycles. The highest BCUT2D eigenvalue weighted by atomic mass is 16.5. The molecule has 0 aliphatic heterocycles. The van der Waals surface area contributed by atoms with Gasteiger partial charge in [-0.25, -0.2) is 0 Å². The van der Waals surface area contributed by atoms with E-state index in [1.54, 1.807) is 18.2 Å². The lowest BCUT2D eigenvalue weighted by atomic mass is 9.89. The van der Waals surface area contributed by atoms with E-state index < -0.39 is 36.1 Å². The standard InChI is InChI=1S/C24H44O10/c1-4-7-30-16-23(13-28,17-31-8-5-2)19-34-21-24(14-29,18-32-9-6-3)20-33-15-22(10-25,11-26)12-27/h4-6,25-29H,1-3,7-21H2. The second-order valence-electron chi connectivity index (χ2n) is 8.69. The van der Waals surface area contributed by atoms with Crippen LogP contribution in [0.1, 0.15) is 0 Å². The van der Waals surface area contributed by atoms with E-state index in [0.717, 1.165) is 0 Å². The van der Waals surface area contributed by atoms with E-state index in [-0.39, 0.29) is 66.1 Å². The molecular formula is C24H44O10. The van der Waals surface area contributed by atoms with Gasteiger partial charge in [-0.05, 0) is 0 Å². The van der Waals surface area contributed by atoms with Crippen LogP contribution in [0, 0.1) is 16.2 Å². The van der Waals surface area contributed by atoms with Crippen LogP contribution in [-0.2, 0) is 23.7 Å². The lowest BCUT2D eigenvalue weighted by molar-refractivity contribution is -0.138. The third kappa shape index (κ3) is 12.0. The van der Waals surface area contributed by atoms with Gasteiger partial charge >= 0.3 is 0 Å². The van der Waals surface area contributed by atoms with Gasteiger partial charge in [-0.2, -0.15) is 0 Å². The molecule has 34 heavy (non-hydrogen) atoms. The SMILES string of the molecule is C=CCOCC(CO)(COCC=C)COCC(CO)(COCC=C)COCC(CO)(CO)CO. The van der Waals surface area contributed by atoms with E-state index in [4.69, 9.17) is 23.7 Å². The Morgan fingerprint density at radius 3 is 0.882 bits per heavy atom. The van der Waals surface area contributed by atoms with Crippen molar-refractivity contribution in [3.05, 3.63) is 38.0 Å². The fourth-order valence-electron chi connectivity index (χ4n) is 2.86. The molecule has 0 amide bonds. The fourth-order valence-corrected chi connectivity index (χ4v) is 2.86. The van der Waals surface area contributed by atoms with Crippen LogP contribution in [0.2, 0.25) is 0 Å². The Labute approximate surface area is 203 Å². The molecule has 10 nitrogen and oxygen atoms in total. The molecule has 0 bridgehead atoms. The van der Waals surface area contributed by atoms with Crippen LogP contribution >= 0.6 is 0 Å². The van der Waals surface area contributed by atoms with E-state index in [1.165, 1.54) is 0 Å². The predicted molar refractivity (Wildman–Crippen MR) is 127 cm³/mol. The molecule has 1 atom stereocenters. The molecule has 0 heterocycles. The number of aliphatic hydroxyl groups excluding tert-OH is 5. The van der Waals surface area contributed by atoms with Crippen molar-refractivity contribution in [1.82, 2.24) is 0 Å². The maximum atomic E-state index is 10.2. The van der Waals surface area contributed by atoms with Crippen LogP contribution in [0.15, 0.2) is 38.0 Å². The molecule has 0 aromatic heterocycles. The molecule has 1 unspecified atom stereocenters. The summed E-state index contributed by atoms with van der Waals surface area (Å²) in [5, 5.41) is 48.8. The lowest BCUT2D eigenvalue weighted by Crippen LogP contribution is -2.46. The Kier molecular flexibility index (Phi) is 18.4. The smallest absolute Gasteiger partial charge is 0.0645 e. The van der Waals surface area contributed by atoms with Crippen molar-refractivity contribution in [1.29, 1.82) is 0 Å². The highest BCUT2D eigenvalue weighted by molar-refractivity contribution is 4.84. The first kappa shape index (κ1) is 32.8. The summed E-state index contributed by atoms with van der Waals surface area (Å²) in [6, 6.07) is 0. The van der Waals surface area contributed by atoms with Gasteiger partial charge in [-0.3, -0.25) is 0 Å². The summed E-state index contributed by atoms with van der Waals surface area (Å²) in [5.41, 5.74) is -3.04. The Bertz CT molecular complexity index is 516. The molecule has 10 heteroatoms. The molecule has 0 rings (SSSR count). The van der Waals surface area contributed by atoms with Gasteiger partial charge in [0.2, 0.25) is 0 Å². The molecule has 0 saturated carbocycles. The maximum Gasteiger partial charge on any atom is 0.0645 e. The Balaban J connectivity index is 5.31.